The lowest BCUT2D eigenvalue weighted by molar-refractivity contribution is -0.400. The Labute approximate surface area is 140 Å². The van der Waals surface area contributed by atoms with Crippen molar-refractivity contribution in [3.63, 3.8) is 0 Å². The van der Waals surface area contributed by atoms with E-state index < -0.39 is 4.92 Å². The monoisotopic (exact) mass is 381 g/mol. The summed E-state index contributed by atoms with van der Waals surface area (Å²) in [6.45, 7) is 0.0412. The van der Waals surface area contributed by atoms with Gasteiger partial charge in [0.25, 0.3) is 0 Å². The first kappa shape index (κ1) is 17.0. The second-order valence-electron chi connectivity index (χ2n) is 4.51. The van der Waals surface area contributed by atoms with Gasteiger partial charge < -0.3 is 9.47 Å². The lowest BCUT2D eigenvalue weighted by Crippen LogP contribution is -2.00. The van der Waals surface area contributed by atoms with E-state index in [2.05, 4.69) is 15.9 Å². The molecule has 23 heavy (non-hydrogen) atoms. The molecule has 7 heteroatoms. The molecule has 0 saturated heterocycles. The Morgan fingerprint density at radius 2 is 2.04 bits per heavy atom. The highest BCUT2D eigenvalue weighted by atomic mass is 79.9. The topological polar surface area (TPSA) is 61.6 Å². The van der Waals surface area contributed by atoms with Gasteiger partial charge in [-0.1, -0.05) is 34.1 Å². The van der Waals surface area contributed by atoms with Gasteiger partial charge in [0.1, 0.15) is 12.4 Å². The SMILES string of the molecule is COc1cc(/C=C\[N+](=O)[O-])c(Br)cc1OCc1ccccc1F. The van der Waals surface area contributed by atoms with E-state index in [1.165, 1.54) is 19.3 Å². The maximum absolute atomic E-state index is 13.6. The van der Waals surface area contributed by atoms with Crippen molar-refractivity contribution in [2.24, 2.45) is 0 Å². The second-order valence-corrected chi connectivity index (χ2v) is 5.36. The number of nitrogens with zero attached hydrogens (tertiary/aromatic N) is 1. The maximum Gasteiger partial charge on any atom is 0.235 e. The van der Waals surface area contributed by atoms with Crippen molar-refractivity contribution in [3.05, 3.63) is 74.1 Å². The van der Waals surface area contributed by atoms with Crippen molar-refractivity contribution in [2.75, 3.05) is 7.11 Å². The fraction of sp³-hybridized carbons (Fsp3) is 0.125. The van der Waals surface area contributed by atoms with Crippen molar-refractivity contribution in [2.45, 2.75) is 6.61 Å². The summed E-state index contributed by atoms with van der Waals surface area (Å²) in [6.07, 6.45) is 2.17. The van der Waals surface area contributed by atoms with Gasteiger partial charge in [0.05, 0.1) is 12.0 Å². The summed E-state index contributed by atoms with van der Waals surface area (Å²) >= 11 is 3.32. The third-order valence-corrected chi connectivity index (χ3v) is 3.69. The number of halogens is 2. The lowest BCUT2D eigenvalue weighted by atomic mass is 10.2. The number of ether oxygens (including phenoxy) is 2. The Bertz CT molecular complexity index is 749. The van der Waals surface area contributed by atoms with E-state index in [0.717, 1.165) is 6.20 Å². The zero-order valence-electron chi connectivity index (χ0n) is 12.2. The molecular weight excluding hydrogens is 369 g/mol. The van der Waals surface area contributed by atoms with Crippen LogP contribution in [-0.4, -0.2) is 12.0 Å². The van der Waals surface area contributed by atoms with Crippen LogP contribution in [0.5, 0.6) is 11.5 Å². The molecule has 0 aliphatic rings. The molecule has 0 N–H and O–H groups in total. The standard InChI is InChI=1S/C16H13BrFNO4/c1-22-15-8-11(6-7-19(20)21)13(17)9-16(15)23-10-12-4-2-3-5-14(12)18/h2-9H,10H2,1H3/b7-6-. The van der Waals surface area contributed by atoms with Gasteiger partial charge in [-0.15, -0.1) is 0 Å². The minimum absolute atomic E-state index is 0.0412. The van der Waals surface area contributed by atoms with Crippen LogP contribution in [0.25, 0.3) is 6.08 Å². The molecule has 2 rings (SSSR count). The number of rotatable bonds is 6. The molecule has 0 heterocycles. The predicted molar refractivity (Wildman–Crippen MR) is 87.5 cm³/mol. The third kappa shape index (κ3) is 4.53. The summed E-state index contributed by atoms with van der Waals surface area (Å²) in [5.74, 6) is 0.449. The first-order chi connectivity index (χ1) is 11.0. The van der Waals surface area contributed by atoms with Crippen LogP contribution in [0.1, 0.15) is 11.1 Å². The molecule has 0 aliphatic carbocycles. The van der Waals surface area contributed by atoms with Crippen LogP contribution in [-0.2, 0) is 6.61 Å². The van der Waals surface area contributed by atoms with E-state index in [-0.39, 0.29) is 12.4 Å². The Balaban J connectivity index is 2.23. The lowest BCUT2D eigenvalue weighted by Gasteiger charge is -2.13. The molecule has 0 aliphatic heterocycles. The number of nitro groups is 1. The Morgan fingerprint density at radius 3 is 2.70 bits per heavy atom. The Hall–Kier alpha value is -2.41. The van der Waals surface area contributed by atoms with Crippen LogP contribution >= 0.6 is 15.9 Å². The highest BCUT2D eigenvalue weighted by Crippen LogP contribution is 2.34. The number of benzene rings is 2. The molecule has 0 bridgehead atoms. The summed E-state index contributed by atoms with van der Waals surface area (Å²) in [6, 6.07) is 9.54. The largest absolute Gasteiger partial charge is 0.493 e. The normalized spacial score (nSPS) is 10.7. The first-order valence-corrected chi connectivity index (χ1v) is 7.36. The smallest absolute Gasteiger partial charge is 0.235 e. The Kier molecular flexibility index (Phi) is 5.70. The van der Waals surface area contributed by atoms with Gasteiger partial charge in [0, 0.05) is 16.1 Å². The summed E-state index contributed by atoms with van der Waals surface area (Å²) in [5.41, 5.74) is 0.986. The summed E-state index contributed by atoms with van der Waals surface area (Å²) in [7, 11) is 1.46. The minimum Gasteiger partial charge on any atom is -0.493 e. The average molecular weight is 382 g/mol. The van der Waals surface area contributed by atoms with E-state index in [9.17, 15) is 14.5 Å². The fourth-order valence-electron chi connectivity index (χ4n) is 1.86. The zero-order valence-corrected chi connectivity index (χ0v) is 13.7. The van der Waals surface area contributed by atoms with Crippen LogP contribution in [0.2, 0.25) is 0 Å². The van der Waals surface area contributed by atoms with Crippen LogP contribution in [0.15, 0.2) is 47.1 Å². The molecule has 120 valence electrons. The highest BCUT2D eigenvalue weighted by Gasteiger charge is 2.11. The van der Waals surface area contributed by atoms with E-state index in [4.69, 9.17) is 9.47 Å². The molecule has 0 atom stereocenters. The second kappa shape index (κ2) is 7.73. The quantitative estimate of drug-likeness (QED) is 0.548. The number of hydrogen-bond donors (Lipinski definition) is 0. The molecule has 0 aromatic heterocycles. The van der Waals surface area contributed by atoms with Gasteiger partial charge in [-0.25, -0.2) is 4.39 Å². The van der Waals surface area contributed by atoms with Gasteiger partial charge >= 0.3 is 0 Å². The fourth-order valence-corrected chi connectivity index (χ4v) is 2.32. The van der Waals surface area contributed by atoms with E-state index >= 15 is 0 Å². The summed E-state index contributed by atoms with van der Waals surface area (Å²) < 4.78 is 25.0. The molecule has 0 spiro atoms. The van der Waals surface area contributed by atoms with Crippen molar-refractivity contribution >= 4 is 22.0 Å². The van der Waals surface area contributed by atoms with Gasteiger partial charge in [-0.3, -0.25) is 10.1 Å². The molecule has 0 radical (unpaired) electrons. The van der Waals surface area contributed by atoms with Crippen molar-refractivity contribution < 1.29 is 18.8 Å². The summed E-state index contributed by atoms with van der Waals surface area (Å²) in [4.78, 5) is 9.85. The average Bonchev–Trinajstić information content (AvgIpc) is 2.53. The number of methoxy groups -OCH3 is 1. The molecule has 0 fully saturated rings. The van der Waals surface area contributed by atoms with Crippen LogP contribution in [0, 0.1) is 15.9 Å². The molecule has 0 unspecified atom stereocenters. The van der Waals surface area contributed by atoms with Gasteiger partial charge in [-0.05, 0) is 23.8 Å². The summed E-state index contributed by atoms with van der Waals surface area (Å²) in [5, 5.41) is 10.4. The molecule has 5 nitrogen and oxygen atoms in total. The van der Waals surface area contributed by atoms with Crippen molar-refractivity contribution in [1.82, 2.24) is 0 Å². The van der Waals surface area contributed by atoms with Crippen molar-refractivity contribution in [1.29, 1.82) is 0 Å². The maximum atomic E-state index is 13.6. The predicted octanol–water partition coefficient (Wildman–Crippen LogP) is 4.42. The van der Waals surface area contributed by atoms with E-state index in [1.807, 2.05) is 0 Å². The molecular formula is C16H13BrFNO4. The molecule has 2 aromatic carbocycles. The van der Waals surface area contributed by atoms with Gasteiger partial charge in [0.2, 0.25) is 6.20 Å². The van der Waals surface area contributed by atoms with Crippen LogP contribution in [0.3, 0.4) is 0 Å². The zero-order chi connectivity index (χ0) is 16.8. The van der Waals surface area contributed by atoms with Crippen LogP contribution in [0.4, 0.5) is 4.39 Å². The van der Waals surface area contributed by atoms with E-state index in [0.29, 0.717) is 27.1 Å². The number of hydrogen-bond acceptors (Lipinski definition) is 4. The first-order valence-electron chi connectivity index (χ1n) is 6.56. The van der Waals surface area contributed by atoms with Gasteiger partial charge in [0.15, 0.2) is 11.5 Å². The van der Waals surface area contributed by atoms with Crippen molar-refractivity contribution in [3.8, 4) is 11.5 Å². The Morgan fingerprint density at radius 1 is 1.30 bits per heavy atom. The molecule has 2 aromatic rings. The van der Waals surface area contributed by atoms with Crippen LogP contribution < -0.4 is 9.47 Å². The minimum atomic E-state index is -0.554. The third-order valence-electron chi connectivity index (χ3n) is 3.00. The van der Waals surface area contributed by atoms with Gasteiger partial charge in [-0.2, -0.15) is 0 Å². The molecule has 0 saturated carbocycles. The van der Waals surface area contributed by atoms with E-state index in [1.54, 1.807) is 30.3 Å². The highest BCUT2D eigenvalue weighted by molar-refractivity contribution is 9.10. The molecule has 0 amide bonds.